The number of aliphatic hydroxyl groups excluding tert-OH is 1. The lowest BCUT2D eigenvalue weighted by Crippen LogP contribution is -2.36. The molecule has 1 fully saturated rings. The van der Waals surface area contributed by atoms with Crippen LogP contribution in [0.25, 0.3) is 11.2 Å². The molecule has 12 heteroatoms. The van der Waals surface area contributed by atoms with Crippen molar-refractivity contribution in [1.29, 1.82) is 0 Å². The van der Waals surface area contributed by atoms with E-state index in [9.17, 15) is 9.67 Å². The Hall–Kier alpha value is -1.75. The number of hydrogen-bond donors (Lipinski definition) is 3. The van der Waals surface area contributed by atoms with Gasteiger partial charge in [0.25, 0.3) is 0 Å². The normalized spacial score (nSPS) is 27.7. The number of nitrogens with two attached hydrogens (primary N) is 1. The minimum atomic E-state index is -2.89. The summed E-state index contributed by atoms with van der Waals surface area (Å²) >= 11 is 0. The van der Waals surface area contributed by atoms with E-state index < -0.39 is 39.4 Å². The van der Waals surface area contributed by atoms with Crippen LogP contribution < -0.4 is 5.73 Å². The highest BCUT2D eigenvalue weighted by Crippen LogP contribution is 2.38. The Balaban J connectivity index is 2.01. The van der Waals surface area contributed by atoms with Crippen LogP contribution in [0.1, 0.15) is 13.2 Å². The van der Waals surface area contributed by atoms with Crippen LogP contribution in [0.4, 0.5) is 5.82 Å². The molecule has 1 aliphatic rings. The van der Waals surface area contributed by atoms with E-state index in [1.807, 2.05) is 0 Å². The summed E-state index contributed by atoms with van der Waals surface area (Å²) in [5.41, 5.74) is 6.59. The molecule has 4 N–H and O–H groups in total. The lowest BCUT2D eigenvalue weighted by atomic mass is 10.1. The number of rotatable bonds is 6. The third-order valence-corrected chi connectivity index (χ3v) is 4.12. The highest BCUT2D eigenvalue weighted by Gasteiger charge is 2.51. The van der Waals surface area contributed by atoms with Crippen LogP contribution in [0.5, 0.6) is 0 Å². The summed E-state index contributed by atoms with van der Waals surface area (Å²) in [6.45, 7) is 1.68. The van der Waals surface area contributed by atoms with Crippen molar-refractivity contribution in [3.05, 3.63) is 12.7 Å². The molecule has 1 saturated heterocycles. The van der Waals surface area contributed by atoms with Crippen molar-refractivity contribution in [1.82, 2.24) is 19.5 Å². The number of fused-ring (bicyclic) bond motifs is 1. The SMILES string of the molecule is CCOC1C(O[P+](=O)O)[C@@H](CO)O[C@H]1n1cnc2c(N)ncnc21. The molecule has 3 heterocycles. The predicted octanol–water partition coefficient (Wildman–Crippen LogP) is -0.262. The molecule has 1 aliphatic heterocycles. The van der Waals surface area contributed by atoms with Crippen molar-refractivity contribution in [2.45, 2.75) is 31.5 Å². The van der Waals surface area contributed by atoms with Crippen LogP contribution in [0, 0.1) is 0 Å². The Bertz CT molecular complexity index is 742. The summed E-state index contributed by atoms with van der Waals surface area (Å²) in [4.78, 5) is 21.2. The minimum absolute atomic E-state index is 0.217. The number of nitrogens with zero attached hydrogens (tertiary/aromatic N) is 4. The molecule has 0 spiro atoms. The van der Waals surface area contributed by atoms with E-state index in [4.69, 9.17) is 24.6 Å². The van der Waals surface area contributed by atoms with Crippen LogP contribution in [-0.4, -0.2) is 61.0 Å². The van der Waals surface area contributed by atoms with Gasteiger partial charge >= 0.3 is 8.25 Å². The van der Waals surface area contributed by atoms with E-state index in [1.54, 1.807) is 11.5 Å². The van der Waals surface area contributed by atoms with Crippen LogP contribution in [0.3, 0.4) is 0 Å². The summed E-state index contributed by atoms with van der Waals surface area (Å²) in [6.07, 6.45) is -0.516. The number of ether oxygens (including phenoxy) is 2. The van der Waals surface area contributed by atoms with Crippen molar-refractivity contribution >= 4 is 25.2 Å². The fourth-order valence-corrected chi connectivity index (χ4v) is 3.20. The van der Waals surface area contributed by atoms with Gasteiger partial charge < -0.3 is 20.3 Å². The first kappa shape index (κ1) is 17.1. The van der Waals surface area contributed by atoms with Gasteiger partial charge in [0.2, 0.25) is 0 Å². The molecule has 0 saturated carbocycles. The first-order chi connectivity index (χ1) is 11.6. The Morgan fingerprint density at radius 1 is 1.42 bits per heavy atom. The Labute approximate surface area is 137 Å². The molecule has 0 aromatic carbocycles. The second-order valence-electron chi connectivity index (χ2n) is 5.06. The van der Waals surface area contributed by atoms with Crippen molar-refractivity contribution < 1.29 is 28.6 Å². The van der Waals surface area contributed by atoms with Crippen molar-refractivity contribution in [3.8, 4) is 0 Å². The number of aliphatic hydroxyl groups is 1. The minimum Gasteiger partial charge on any atom is -0.394 e. The molecule has 0 bridgehead atoms. The Morgan fingerprint density at radius 2 is 2.21 bits per heavy atom. The molecule has 0 amide bonds. The first-order valence-electron chi connectivity index (χ1n) is 7.20. The van der Waals surface area contributed by atoms with E-state index in [1.165, 1.54) is 12.7 Å². The van der Waals surface area contributed by atoms with E-state index in [2.05, 4.69) is 15.0 Å². The maximum atomic E-state index is 11.1. The average Bonchev–Trinajstić information content (AvgIpc) is 3.11. The summed E-state index contributed by atoms with van der Waals surface area (Å²) in [5, 5.41) is 9.50. The summed E-state index contributed by atoms with van der Waals surface area (Å²) in [5.74, 6) is 0.217. The maximum absolute atomic E-state index is 11.1. The van der Waals surface area contributed by atoms with Gasteiger partial charge in [0, 0.05) is 11.2 Å². The van der Waals surface area contributed by atoms with Gasteiger partial charge in [-0.2, -0.15) is 0 Å². The predicted molar refractivity (Wildman–Crippen MR) is 80.8 cm³/mol. The molecule has 11 nitrogen and oxygen atoms in total. The van der Waals surface area contributed by atoms with Crippen molar-refractivity contribution in [2.24, 2.45) is 0 Å². The van der Waals surface area contributed by atoms with Gasteiger partial charge in [-0.1, -0.05) is 0 Å². The van der Waals surface area contributed by atoms with E-state index >= 15 is 0 Å². The third-order valence-electron chi connectivity index (χ3n) is 3.70. The molecule has 5 atom stereocenters. The van der Waals surface area contributed by atoms with Gasteiger partial charge in [-0.05, 0) is 6.92 Å². The summed E-state index contributed by atoms with van der Waals surface area (Å²) < 4.78 is 29.1. The van der Waals surface area contributed by atoms with Gasteiger partial charge in [-0.3, -0.25) is 4.57 Å². The number of hydrogen-bond acceptors (Lipinski definition) is 9. The maximum Gasteiger partial charge on any atom is 0.695 e. The Kier molecular flexibility index (Phi) is 4.99. The molecule has 2 aromatic rings. The quantitative estimate of drug-likeness (QED) is 0.588. The van der Waals surface area contributed by atoms with Crippen LogP contribution in [-0.2, 0) is 18.6 Å². The topological polar surface area (TPSA) is 155 Å². The van der Waals surface area contributed by atoms with Crippen LogP contribution in [0.15, 0.2) is 12.7 Å². The zero-order valence-electron chi connectivity index (χ0n) is 12.7. The number of imidazole rings is 1. The fraction of sp³-hybridized carbons (Fsp3) is 0.583. The average molecular weight is 358 g/mol. The van der Waals surface area contributed by atoms with Gasteiger partial charge in [-0.15, -0.1) is 9.42 Å². The van der Waals surface area contributed by atoms with E-state index in [0.717, 1.165) is 0 Å². The third kappa shape index (κ3) is 2.97. The molecule has 24 heavy (non-hydrogen) atoms. The number of anilines is 1. The lowest BCUT2D eigenvalue weighted by Gasteiger charge is -2.21. The molecule has 0 radical (unpaired) electrons. The molecule has 2 aromatic heterocycles. The number of nitrogen functional groups attached to an aromatic ring is 1. The Morgan fingerprint density at radius 3 is 2.88 bits per heavy atom. The monoisotopic (exact) mass is 358 g/mol. The highest BCUT2D eigenvalue weighted by atomic mass is 31.1. The molecule has 3 unspecified atom stereocenters. The second-order valence-corrected chi connectivity index (χ2v) is 5.74. The first-order valence-corrected chi connectivity index (χ1v) is 8.33. The van der Waals surface area contributed by atoms with Crippen molar-refractivity contribution in [3.63, 3.8) is 0 Å². The van der Waals surface area contributed by atoms with Gasteiger partial charge in [0.1, 0.15) is 24.1 Å². The summed E-state index contributed by atoms with van der Waals surface area (Å²) in [7, 11) is -2.89. The van der Waals surface area contributed by atoms with Gasteiger partial charge in [-0.25, -0.2) is 15.0 Å². The molecule has 130 valence electrons. The molecule has 3 rings (SSSR count). The zero-order valence-corrected chi connectivity index (χ0v) is 13.6. The van der Waals surface area contributed by atoms with E-state index in [-0.39, 0.29) is 5.82 Å². The van der Waals surface area contributed by atoms with Crippen molar-refractivity contribution in [2.75, 3.05) is 18.9 Å². The fourth-order valence-electron chi connectivity index (χ4n) is 2.74. The smallest absolute Gasteiger partial charge is 0.394 e. The van der Waals surface area contributed by atoms with Gasteiger partial charge in [0.05, 0.1) is 12.9 Å². The van der Waals surface area contributed by atoms with Crippen LogP contribution >= 0.6 is 8.25 Å². The zero-order chi connectivity index (χ0) is 17.3. The molecular weight excluding hydrogens is 341 g/mol. The molecule has 0 aliphatic carbocycles. The standard InChI is InChI=1S/C12H16N5O6P/c1-2-21-9-8(23-24(19)20)6(3-18)22-12(9)17-5-16-7-10(13)14-4-15-11(7)17/h4-6,8-9,12,18H,2-3H2,1H3,(H2-,13,14,15,19,20)/p+1/t6-,8?,9?,12-/m1/s1. The van der Waals surface area contributed by atoms with Gasteiger partial charge in [0.15, 0.2) is 23.8 Å². The van der Waals surface area contributed by atoms with Crippen LogP contribution in [0.2, 0.25) is 0 Å². The number of aromatic nitrogens is 4. The lowest BCUT2D eigenvalue weighted by molar-refractivity contribution is -0.0673. The summed E-state index contributed by atoms with van der Waals surface area (Å²) in [6, 6.07) is 0. The highest BCUT2D eigenvalue weighted by molar-refractivity contribution is 7.32. The largest absolute Gasteiger partial charge is 0.695 e. The van der Waals surface area contributed by atoms with E-state index in [0.29, 0.717) is 17.8 Å². The second kappa shape index (κ2) is 7.01. The molecular formula is C12H17N5O6P+.